The number of nitro groups is 1. The summed E-state index contributed by atoms with van der Waals surface area (Å²) in [5.74, 6) is 0.339. The molecule has 0 aliphatic heterocycles. The number of hydrogen-bond donors (Lipinski definition) is 2. The zero-order chi connectivity index (χ0) is 14.6. The summed E-state index contributed by atoms with van der Waals surface area (Å²) >= 11 is 5.83. The Labute approximate surface area is 117 Å². The number of aliphatic hydroxyl groups is 1. The van der Waals surface area contributed by atoms with E-state index in [1.807, 2.05) is 13.8 Å². The Morgan fingerprint density at radius 2 is 2.16 bits per heavy atom. The van der Waals surface area contributed by atoms with E-state index in [4.69, 9.17) is 11.6 Å². The summed E-state index contributed by atoms with van der Waals surface area (Å²) in [4.78, 5) is 10.4. The molecule has 0 aliphatic rings. The van der Waals surface area contributed by atoms with Gasteiger partial charge in [-0.1, -0.05) is 25.4 Å². The number of halogens is 1. The largest absolute Gasteiger partial charge is 0.388 e. The van der Waals surface area contributed by atoms with E-state index in [1.54, 1.807) is 6.92 Å². The number of hydrogen-bond acceptors (Lipinski definition) is 4. The van der Waals surface area contributed by atoms with Gasteiger partial charge in [0.15, 0.2) is 0 Å². The molecule has 0 aromatic heterocycles. The van der Waals surface area contributed by atoms with Gasteiger partial charge in [0.05, 0.1) is 10.5 Å². The SMILES string of the molecule is CC(C)CC(C)(O)CNc1cc(Cl)ccc1[N+](=O)[O-]. The molecule has 0 bridgehead atoms. The normalized spacial score (nSPS) is 14.2. The van der Waals surface area contributed by atoms with Crippen molar-refractivity contribution in [2.75, 3.05) is 11.9 Å². The Hall–Kier alpha value is -1.33. The van der Waals surface area contributed by atoms with Crippen LogP contribution in [0.15, 0.2) is 18.2 Å². The van der Waals surface area contributed by atoms with E-state index >= 15 is 0 Å². The first-order valence-electron chi connectivity index (χ1n) is 6.11. The molecule has 0 fully saturated rings. The fraction of sp³-hybridized carbons (Fsp3) is 0.538. The molecule has 6 heteroatoms. The molecule has 2 N–H and O–H groups in total. The summed E-state index contributed by atoms with van der Waals surface area (Å²) < 4.78 is 0. The summed E-state index contributed by atoms with van der Waals surface area (Å²) in [6.07, 6.45) is 0.606. The van der Waals surface area contributed by atoms with Crippen LogP contribution in [0.4, 0.5) is 11.4 Å². The zero-order valence-corrected chi connectivity index (χ0v) is 12.1. The predicted molar refractivity (Wildman–Crippen MR) is 76.7 cm³/mol. The summed E-state index contributed by atoms with van der Waals surface area (Å²) in [7, 11) is 0. The highest BCUT2D eigenvalue weighted by Crippen LogP contribution is 2.28. The van der Waals surface area contributed by atoms with E-state index in [0.717, 1.165) is 0 Å². The molecular weight excluding hydrogens is 268 g/mol. The Morgan fingerprint density at radius 1 is 1.53 bits per heavy atom. The van der Waals surface area contributed by atoms with E-state index in [-0.39, 0.29) is 12.2 Å². The van der Waals surface area contributed by atoms with Crippen LogP contribution in [0, 0.1) is 16.0 Å². The molecular formula is C13H19ClN2O3. The van der Waals surface area contributed by atoms with Crippen molar-refractivity contribution in [2.24, 2.45) is 5.92 Å². The minimum Gasteiger partial charge on any atom is -0.388 e. The maximum Gasteiger partial charge on any atom is 0.292 e. The van der Waals surface area contributed by atoms with Gasteiger partial charge < -0.3 is 10.4 Å². The number of nitro benzene ring substituents is 1. The number of anilines is 1. The van der Waals surface area contributed by atoms with Gasteiger partial charge in [0, 0.05) is 17.6 Å². The summed E-state index contributed by atoms with van der Waals surface area (Å²) in [5.41, 5.74) is -0.657. The van der Waals surface area contributed by atoms with Gasteiger partial charge in [-0.3, -0.25) is 10.1 Å². The molecule has 1 aromatic rings. The van der Waals surface area contributed by atoms with Gasteiger partial charge in [0.2, 0.25) is 0 Å². The standard InChI is InChI=1S/C13H19ClN2O3/c1-9(2)7-13(3,17)8-15-11-6-10(14)4-5-12(11)16(18)19/h4-6,9,15,17H,7-8H2,1-3H3. The van der Waals surface area contributed by atoms with Crippen LogP contribution < -0.4 is 5.32 Å². The van der Waals surface area contributed by atoms with Crippen LogP contribution in [0.25, 0.3) is 0 Å². The highest BCUT2D eigenvalue weighted by Gasteiger charge is 2.23. The van der Waals surface area contributed by atoms with Crippen molar-refractivity contribution in [3.05, 3.63) is 33.3 Å². The van der Waals surface area contributed by atoms with Crippen molar-refractivity contribution >= 4 is 23.0 Å². The highest BCUT2D eigenvalue weighted by molar-refractivity contribution is 6.31. The van der Waals surface area contributed by atoms with Gasteiger partial charge in [-0.15, -0.1) is 0 Å². The van der Waals surface area contributed by atoms with E-state index in [2.05, 4.69) is 5.32 Å². The van der Waals surface area contributed by atoms with E-state index in [1.165, 1.54) is 18.2 Å². The molecule has 0 saturated heterocycles. The molecule has 5 nitrogen and oxygen atoms in total. The van der Waals surface area contributed by atoms with E-state index < -0.39 is 10.5 Å². The fourth-order valence-electron chi connectivity index (χ4n) is 2.05. The lowest BCUT2D eigenvalue weighted by atomic mass is 9.94. The highest BCUT2D eigenvalue weighted by atomic mass is 35.5. The van der Waals surface area contributed by atoms with Crippen LogP contribution >= 0.6 is 11.6 Å². The van der Waals surface area contributed by atoms with Crippen LogP contribution in [0.3, 0.4) is 0 Å². The first-order chi connectivity index (χ1) is 8.71. The molecule has 0 radical (unpaired) electrons. The van der Waals surface area contributed by atoms with Gasteiger partial charge in [-0.25, -0.2) is 0 Å². The second-order valence-electron chi connectivity index (χ2n) is 5.37. The minimum absolute atomic E-state index is 0.0512. The van der Waals surface area contributed by atoms with Crippen LogP contribution in [0.5, 0.6) is 0 Å². The second kappa shape index (κ2) is 6.21. The molecule has 1 unspecified atom stereocenters. The Kier molecular flexibility index (Phi) is 5.14. The van der Waals surface area contributed by atoms with Gasteiger partial charge in [0.25, 0.3) is 5.69 Å². The third-order valence-electron chi connectivity index (χ3n) is 2.66. The van der Waals surface area contributed by atoms with Crippen LogP contribution in [0.2, 0.25) is 5.02 Å². The van der Waals surface area contributed by atoms with Crippen LogP contribution in [-0.2, 0) is 0 Å². The average molecular weight is 287 g/mol. The van der Waals surface area contributed by atoms with Crippen molar-refractivity contribution in [1.29, 1.82) is 0 Å². The van der Waals surface area contributed by atoms with Crippen LogP contribution in [0.1, 0.15) is 27.2 Å². The number of nitrogens with one attached hydrogen (secondary N) is 1. The fourth-order valence-corrected chi connectivity index (χ4v) is 2.22. The molecule has 0 spiro atoms. The third-order valence-corrected chi connectivity index (χ3v) is 2.90. The molecule has 0 heterocycles. The molecule has 106 valence electrons. The van der Waals surface area contributed by atoms with Crippen LogP contribution in [-0.4, -0.2) is 22.2 Å². The van der Waals surface area contributed by atoms with Crippen molar-refractivity contribution in [1.82, 2.24) is 0 Å². The lowest BCUT2D eigenvalue weighted by molar-refractivity contribution is -0.384. The van der Waals surface area contributed by atoms with Crippen molar-refractivity contribution in [2.45, 2.75) is 32.8 Å². The lowest BCUT2D eigenvalue weighted by Crippen LogP contribution is -2.35. The molecule has 0 aliphatic carbocycles. The third kappa shape index (κ3) is 5.04. The first-order valence-corrected chi connectivity index (χ1v) is 6.49. The van der Waals surface area contributed by atoms with Crippen molar-refractivity contribution in [3.8, 4) is 0 Å². The van der Waals surface area contributed by atoms with Gasteiger partial charge in [-0.05, 0) is 31.4 Å². The Balaban J connectivity index is 2.82. The van der Waals surface area contributed by atoms with Gasteiger partial charge in [0.1, 0.15) is 5.69 Å². The first kappa shape index (κ1) is 15.7. The molecule has 0 amide bonds. The number of benzene rings is 1. The Morgan fingerprint density at radius 3 is 2.68 bits per heavy atom. The molecule has 0 saturated carbocycles. The molecule has 19 heavy (non-hydrogen) atoms. The Bertz CT molecular complexity index is 461. The summed E-state index contributed by atoms with van der Waals surface area (Å²) in [6, 6.07) is 4.31. The molecule has 1 rings (SSSR count). The molecule has 1 atom stereocenters. The average Bonchev–Trinajstić information content (AvgIpc) is 2.24. The predicted octanol–water partition coefficient (Wildman–Crippen LogP) is 3.46. The smallest absolute Gasteiger partial charge is 0.292 e. The van der Waals surface area contributed by atoms with Crippen molar-refractivity contribution < 1.29 is 10.0 Å². The second-order valence-corrected chi connectivity index (χ2v) is 5.80. The quantitative estimate of drug-likeness (QED) is 0.620. The molecule has 1 aromatic carbocycles. The van der Waals surface area contributed by atoms with E-state index in [9.17, 15) is 15.2 Å². The van der Waals surface area contributed by atoms with Crippen molar-refractivity contribution in [3.63, 3.8) is 0 Å². The number of rotatable bonds is 6. The monoisotopic (exact) mass is 286 g/mol. The maximum absolute atomic E-state index is 10.9. The topological polar surface area (TPSA) is 75.4 Å². The number of nitrogens with zero attached hydrogens (tertiary/aromatic N) is 1. The van der Waals surface area contributed by atoms with E-state index in [0.29, 0.717) is 23.0 Å². The minimum atomic E-state index is -0.926. The van der Waals surface area contributed by atoms with Gasteiger partial charge >= 0.3 is 0 Å². The zero-order valence-electron chi connectivity index (χ0n) is 11.3. The summed E-state index contributed by atoms with van der Waals surface area (Å²) in [5, 5.41) is 24.4. The summed E-state index contributed by atoms with van der Waals surface area (Å²) in [6.45, 7) is 5.95. The lowest BCUT2D eigenvalue weighted by Gasteiger charge is -2.26. The van der Waals surface area contributed by atoms with Gasteiger partial charge in [-0.2, -0.15) is 0 Å². The maximum atomic E-state index is 10.9.